The van der Waals surface area contributed by atoms with Crippen LogP contribution in [0.3, 0.4) is 0 Å². The molecule has 0 unspecified atom stereocenters. The molecular weight excluding hydrogens is 510 g/mol. The summed E-state index contributed by atoms with van der Waals surface area (Å²) >= 11 is 0. The van der Waals surface area contributed by atoms with Crippen molar-refractivity contribution in [3.8, 4) is 17.2 Å². The number of H-pyrrole nitrogens is 1. The molecule has 1 fully saturated rings. The van der Waals surface area contributed by atoms with E-state index in [2.05, 4.69) is 20.5 Å². The van der Waals surface area contributed by atoms with Crippen LogP contribution in [0.2, 0.25) is 0 Å². The Bertz CT molecular complexity index is 1580. The second-order valence-electron chi connectivity index (χ2n) is 9.39. The van der Waals surface area contributed by atoms with Crippen LogP contribution in [0.1, 0.15) is 23.3 Å². The van der Waals surface area contributed by atoms with Gasteiger partial charge in [-0.1, -0.05) is 18.2 Å². The lowest BCUT2D eigenvalue weighted by Crippen LogP contribution is -2.45. The van der Waals surface area contributed by atoms with E-state index in [1.807, 2.05) is 0 Å². The number of nitrogens with zero attached hydrogens (tertiary/aromatic N) is 2. The van der Waals surface area contributed by atoms with E-state index < -0.39 is 11.8 Å². The van der Waals surface area contributed by atoms with Gasteiger partial charge in [0.2, 0.25) is 17.5 Å². The number of amides is 3. The van der Waals surface area contributed by atoms with Crippen molar-refractivity contribution in [3.05, 3.63) is 89.9 Å². The summed E-state index contributed by atoms with van der Waals surface area (Å²) < 4.78 is 11.0. The molecule has 1 aromatic heterocycles. The Morgan fingerprint density at radius 3 is 2.25 bits per heavy atom. The molecule has 1 heterocycles. The molecule has 0 saturated heterocycles. The first-order chi connectivity index (χ1) is 19.4. The summed E-state index contributed by atoms with van der Waals surface area (Å²) in [6.07, 6.45) is 1.81. The molecule has 0 bridgehead atoms. The van der Waals surface area contributed by atoms with E-state index in [9.17, 15) is 14.4 Å². The van der Waals surface area contributed by atoms with Crippen molar-refractivity contribution < 1.29 is 23.9 Å². The molecule has 0 aliphatic heterocycles. The minimum Gasteiger partial charge on any atom is -0.497 e. The molecule has 1 saturated carbocycles. The number of hydrogen-bond donors (Lipinski definition) is 3. The monoisotopic (exact) mass is 537 g/mol. The number of nitrogens with one attached hydrogen (secondary N) is 3. The SMILES string of the molecule is [C-]#[N+]c1cccc2cc(C(=O)N(CC(=O)Nc3ccc(Oc4ccc(OC)cc4)cc3)CC(=O)NC3CC3)[nH]c12. The molecule has 1 aliphatic rings. The Morgan fingerprint density at radius 1 is 0.950 bits per heavy atom. The maximum Gasteiger partial charge on any atom is 0.271 e. The van der Waals surface area contributed by atoms with Crippen LogP contribution in [0.25, 0.3) is 15.7 Å². The predicted octanol–water partition coefficient (Wildman–Crippen LogP) is 4.88. The number of carbonyl (C=O) groups excluding carboxylic acids is 3. The molecule has 5 rings (SSSR count). The highest BCUT2D eigenvalue weighted by atomic mass is 16.5. The van der Waals surface area contributed by atoms with Gasteiger partial charge in [-0.15, -0.1) is 0 Å². The molecule has 0 radical (unpaired) electrons. The first-order valence-electron chi connectivity index (χ1n) is 12.7. The third-order valence-corrected chi connectivity index (χ3v) is 6.32. The summed E-state index contributed by atoms with van der Waals surface area (Å²) in [4.78, 5) is 46.6. The number of aromatic amines is 1. The van der Waals surface area contributed by atoms with Crippen molar-refractivity contribution >= 4 is 40.0 Å². The summed E-state index contributed by atoms with van der Waals surface area (Å²) in [6, 6.07) is 20.9. The average Bonchev–Trinajstić information content (AvgIpc) is 3.66. The normalized spacial score (nSPS) is 12.3. The second kappa shape index (κ2) is 11.6. The number of benzene rings is 3. The van der Waals surface area contributed by atoms with Gasteiger partial charge in [0.15, 0.2) is 0 Å². The molecule has 3 amide bonds. The molecule has 0 atom stereocenters. The smallest absolute Gasteiger partial charge is 0.271 e. The minimum atomic E-state index is -0.517. The van der Waals surface area contributed by atoms with Gasteiger partial charge in [0.1, 0.15) is 36.0 Å². The van der Waals surface area contributed by atoms with Crippen LogP contribution in [-0.4, -0.2) is 53.8 Å². The molecule has 10 heteroatoms. The van der Waals surface area contributed by atoms with Gasteiger partial charge in [-0.3, -0.25) is 14.4 Å². The highest BCUT2D eigenvalue weighted by Crippen LogP contribution is 2.27. The summed E-state index contributed by atoms with van der Waals surface area (Å²) in [6.45, 7) is 6.75. The van der Waals surface area contributed by atoms with Gasteiger partial charge in [0.25, 0.3) is 5.91 Å². The van der Waals surface area contributed by atoms with E-state index in [-0.39, 0.29) is 30.7 Å². The van der Waals surface area contributed by atoms with Crippen molar-refractivity contribution in [3.63, 3.8) is 0 Å². The first kappa shape index (κ1) is 26.3. The van der Waals surface area contributed by atoms with Crippen LogP contribution in [0.5, 0.6) is 17.2 Å². The third-order valence-electron chi connectivity index (χ3n) is 6.32. The third kappa shape index (κ3) is 6.39. The zero-order valence-electron chi connectivity index (χ0n) is 21.8. The molecule has 3 aromatic carbocycles. The molecule has 0 spiro atoms. The summed E-state index contributed by atoms with van der Waals surface area (Å²) in [5.74, 6) is 0.624. The van der Waals surface area contributed by atoms with E-state index in [1.165, 1.54) is 4.90 Å². The molecule has 4 aromatic rings. The van der Waals surface area contributed by atoms with Crippen LogP contribution in [-0.2, 0) is 9.59 Å². The van der Waals surface area contributed by atoms with Gasteiger partial charge in [0.05, 0.1) is 19.2 Å². The highest BCUT2D eigenvalue weighted by Gasteiger charge is 2.27. The number of aromatic nitrogens is 1. The van der Waals surface area contributed by atoms with Crippen molar-refractivity contribution in [2.45, 2.75) is 18.9 Å². The number of methoxy groups -OCH3 is 1. The number of ether oxygens (including phenoxy) is 2. The highest BCUT2D eigenvalue weighted by molar-refractivity contribution is 6.04. The maximum absolute atomic E-state index is 13.4. The first-order valence-corrected chi connectivity index (χ1v) is 12.7. The number of carbonyl (C=O) groups is 3. The standard InChI is InChI=1S/C30H27N5O5/c1-31-25-5-3-4-19-16-26(34-29(19)25)30(38)35(17-27(36)32-20-6-7-20)18-28(37)33-21-8-10-23(11-9-21)40-24-14-12-22(39-2)13-15-24/h3-5,8-16,20,34H,6-7,17-18H2,2H3,(H,32,36)(H,33,37). The number of para-hydroxylation sites is 1. The fourth-order valence-corrected chi connectivity index (χ4v) is 4.15. The van der Waals surface area contributed by atoms with E-state index in [0.717, 1.165) is 18.6 Å². The van der Waals surface area contributed by atoms with Crippen LogP contribution < -0.4 is 20.1 Å². The van der Waals surface area contributed by atoms with Crippen molar-refractivity contribution in [2.24, 2.45) is 0 Å². The lowest BCUT2D eigenvalue weighted by atomic mass is 10.2. The fraction of sp³-hybridized carbons (Fsp3) is 0.200. The number of fused-ring (bicyclic) bond motifs is 1. The summed E-state index contributed by atoms with van der Waals surface area (Å²) in [5.41, 5.74) is 1.61. The van der Waals surface area contributed by atoms with Gasteiger partial charge < -0.3 is 30.0 Å². The zero-order chi connectivity index (χ0) is 28.1. The number of hydrogen-bond acceptors (Lipinski definition) is 5. The van der Waals surface area contributed by atoms with E-state index in [0.29, 0.717) is 33.8 Å². The van der Waals surface area contributed by atoms with Crippen LogP contribution >= 0.6 is 0 Å². The predicted molar refractivity (Wildman–Crippen MR) is 150 cm³/mol. The topological polar surface area (TPSA) is 117 Å². The van der Waals surface area contributed by atoms with Crippen LogP contribution in [0.15, 0.2) is 72.8 Å². The van der Waals surface area contributed by atoms with Gasteiger partial charge in [0, 0.05) is 11.7 Å². The number of rotatable bonds is 10. The van der Waals surface area contributed by atoms with Crippen molar-refractivity contribution in [1.29, 1.82) is 0 Å². The lowest BCUT2D eigenvalue weighted by molar-refractivity contribution is -0.122. The van der Waals surface area contributed by atoms with Gasteiger partial charge >= 0.3 is 0 Å². The largest absolute Gasteiger partial charge is 0.497 e. The maximum atomic E-state index is 13.4. The average molecular weight is 538 g/mol. The molecule has 3 N–H and O–H groups in total. The number of anilines is 1. The molecule has 202 valence electrons. The van der Waals surface area contributed by atoms with Gasteiger partial charge in [-0.2, -0.15) is 0 Å². The van der Waals surface area contributed by atoms with Crippen LogP contribution in [0.4, 0.5) is 11.4 Å². The fourth-order valence-electron chi connectivity index (χ4n) is 4.15. The summed E-state index contributed by atoms with van der Waals surface area (Å²) in [5, 5.41) is 6.32. The Morgan fingerprint density at radius 2 is 1.60 bits per heavy atom. The zero-order valence-corrected chi connectivity index (χ0v) is 21.8. The Balaban J connectivity index is 1.26. The summed E-state index contributed by atoms with van der Waals surface area (Å²) in [7, 11) is 1.59. The molecular formula is C30H27N5O5. The van der Waals surface area contributed by atoms with Crippen LogP contribution in [0, 0.1) is 6.57 Å². The van der Waals surface area contributed by atoms with E-state index in [1.54, 1.807) is 79.9 Å². The Hall–Kier alpha value is -5.30. The molecule has 1 aliphatic carbocycles. The Kier molecular flexibility index (Phi) is 7.64. The minimum absolute atomic E-state index is 0.117. The molecule has 10 nitrogen and oxygen atoms in total. The quantitative estimate of drug-likeness (QED) is 0.249. The van der Waals surface area contributed by atoms with Crippen molar-refractivity contribution in [2.75, 3.05) is 25.5 Å². The van der Waals surface area contributed by atoms with Gasteiger partial charge in [-0.25, -0.2) is 4.85 Å². The second-order valence-corrected chi connectivity index (χ2v) is 9.39. The van der Waals surface area contributed by atoms with Gasteiger partial charge in [-0.05, 0) is 72.8 Å². The Labute approximate surface area is 230 Å². The van der Waals surface area contributed by atoms with E-state index >= 15 is 0 Å². The molecule has 40 heavy (non-hydrogen) atoms. The lowest BCUT2D eigenvalue weighted by Gasteiger charge is -2.21. The van der Waals surface area contributed by atoms with Crippen molar-refractivity contribution in [1.82, 2.24) is 15.2 Å². The van der Waals surface area contributed by atoms with E-state index in [4.69, 9.17) is 16.0 Å².